The lowest BCUT2D eigenvalue weighted by molar-refractivity contribution is 0.400. The van der Waals surface area contributed by atoms with Crippen molar-refractivity contribution in [2.45, 2.75) is 54.4 Å². The molecule has 0 saturated heterocycles. The Morgan fingerprint density at radius 3 is 2.18 bits per heavy atom. The minimum atomic E-state index is 0.0886. The summed E-state index contributed by atoms with van der Waals surface area (Å²) in [6.45, 7) is 13.8. The quantitative estimate of drug-likeness (QED) is 0.216. The molecule has 1 aliphatic heterocycles. The number of ether oxygens (including phenoxy) is 1. The molecule has 0 atom stereocenters. The number of hydrogen-bond donors (Lipinski definition) is 0. The van der Waals surface area contributed by atoms with Gasteiger partial charge in [0.1, 0.15) is 11.5 Å². The van der Waals surface area contributed by atoms with E-state index >= 15 is 0 Å². The van der Waals surface area contributed by atoms with Crippen molar-refractivity contribution in [3.8, 4) is 22.8 Å². The third-order valence-corrected chi connectivity index (χ3v) is 7.94. The highest BCUT2D eigenvalue weighted by Crippen LogP contribution is 2.52. The van der Waals surface area contributed by atoms with E-state index in [1.807, 2.05) is 6.20 Å². The second kappa shape index (κ2) is 8.29. The van der Waals surface area contributed by atoms with Crippen molar-refractivity contribution in [2.24, 2.45) is 10.8 Å². The maximum Gasteiger partial charge on any atom is 0.140 e. The van der Waals surface area contributed by atoms with Crippen LogP contribution in [0.2, 0.25) is 0 Å². The van der Waals surface area contributed by atoms with Crippen molar-refractivity contribution in [3.63, 3.8) is 0 Å². The first-order chi connectivity index (χ1) is 18.6. The van der Waals surface area contributed by atoms with Gasteiger partial charge in [0, 0.05) is 17.3 Å². The second-order valence-electron chi connectivity index (χ2n) is 13.7. The summed E-state index contributed by atoms with van der Waals surface area (Å²) in [5.74, 6) is 1.89. The van der Waals surface area contributed by atoms with Crippen molar-refractivity contribution in [3.05, 3.63) is 90.1 Å². The molecule has 7 rings (SSSR count). The summed E-state index contributed by atoms with van der Waals surface area (Å²) < 4.78 is 7.04. The molecule has 2 heterocycles. The normalized spacial score (nSPS) is 13.3. The Hall–Kier alpha value is -3.91. The Morgan fingerprint density at radius 2 is 1.38 bits per heavy atom. The largest absolute Gasteiger partial charge is 0.456 e. The highest BCUT2D eigenvalue weighted by molar-refractivity contribution is 6.18. The monoisotopic (exact) mass is 509 g/mol. The molecule has 0 bridgehead atoms. The summed E-state index contributed by atoms with van der Waals surface area (Å²) in [6, 6.07) is 26.7. The lowest BCUT2D eigenvalue weighted by atomic mass is 9.82. The molecule has 0 unspecified atom stereocenters. The SMILES string of the molecule is CC(C)(C)Cc1cccc2c1cc1c3c(nccc32)-c2cc3ccc4ccccc4c3c(CC(C)(C)C)c2O1. The van der Waals surface area contributed by atoms with E-state index in [4.69, 9.17) is 9.72 Å². The van der Waals surface area contributed by atoms with Gasteiger partial charge in [-0.25, -0.2) is 0 Å². The molecule has 0 radical (unpaired) electrons. The number of pyridine rings is 1. The molecule has 0 spiro atoms. The molecular formula is C37H35NO. The van der Waals surface area contributed by atoms with Crippen LogP contribution in [-0.4, -0.2) is 4.98 Å². The molecular weight excluding hydrogens is 474 g/mol. The second-order valence-corrected chi connectivity index (χ2v) is 13.7. The minimum Gasteiger partial charge on any atom is -0.456 e. The third-order valence-electron chi connectivity index (χ3n) is 7.94. The molecule has 0 fully saturated rings. The van der Waals surface area contributed by atoms with Gasteiger partial charge in [-0.05, 0) is 85.1 Å². The Balaban J connectivity index is 1.59. The molecule has 194 valence electrons. The first kappa shape index (κ1) is 24.2. The van der Waals surface area contributed by atoms with Gasteiger partial charge in [0.05, 0.1) is 11.1 Å². The molecule has 1 aromatic heterocycles. The number of nitrogens with zero attached hydrogens (tertiary/aromatic N) is 1. The summed E-state index contributed by atoms with van der Waals surface area (Å²) in [4.78, 5) is 4.99. The van der Waals surface area contributed by atoms with E-state index in [0.29, 0.717) is 0 Å². The first-order valence-electron chi connectivity index (χ1n) is 14.1. The smallest absolute Gasteiger partial charge is 0.140 e. The van der Waals surface area contributed by atoms with Crippen LogP contribution in [-0.2, 0) is 12.8 Å². The van der Waals surface area contributed by atoms with E-state index in [1.54, 1.807) is 0 Å². The van der Waals surface area contributed by atoms with E-state index in [9.17, 15) is 0 Å². The van der Waals surface area contributed by atoms with Gasteiger partial charge in [0.15, 0.2) is 0 Å². The van der Waals surface area contributed by atoms with Crippen molar-refractivity contribution >= 4 is 43.1 Å². The van der Waals surface area contributed by atoms with Gasteiger partial charge in [-0.3, -0.25) is 4.98 Å². The van der Waals surface area contributed by atoms with E-state index < -0.39 is 0 Å². The predicted octanol–water partition coefficient (Wildman–Crippen LogP) is 10.6. The Bertz CT molecular complexity index is 1950. The van der Waals surface area contributed by atoms with Crippen LogP contribution in [0.4, 0.5) is 0 Å². The van der Waals surface area contributed by atoms with E-state index in [1.165, 1.54) is 48.8 Å². The summed E-state index contributed by atoms with van der Waals surface area (Å²) in [5, 5.41) is 9.96. The Morgan fingerprint density at radius 1 is 0.641 bits per heavy atom. The van der Waals surface area contributed by atoms with Crippen molar-refractivity contribution in [1.29, 1.82) is 0 Å². The predicted molar refractivity (Wildman–Crippen MR) is 166 cm³/mol. The van der Waals surface area contributed by atoms with Gasteiger partial charge in [0.25, 0.3) is 0 Å². The van der Waals surface area contributed by atoms with Crippen molar-refractivity contribution in [1.82, 2.24) is 4.98 Å². The van der Waals surface area contributed by atoms with Crippen LogP contribution in [0.25, 0.3) is 54.3 Å². The fourth-order valence-corrected chi connectivity index (χ4v) is 6.51. The van der Waals surface area contributed by atoms with Crippen LogP contribution in [0.5, 0.6) is 11.5 Å². The van der Waals surface area contributed by atoms with Gasteiger partial charge in [-0.15, -0.1) is 0 Å². The fraction of sp³-hybridized carbons (Fsp3) is 0.270. The van der Waals surface area contributed by atoms with Gasteiger partial charge < -0.3 is 4.74 Å². The molecule has 0 amide bonds. The van der Waals surface area contributed by atoms with Crippen LogP contribution >= 0.6 is 0 Å². The van der Waals surface area contributed by atoms with E-state index in [-0.39, 0.29) is 10.8 Å². The number of aromatic nitrogens is 1. The third kappa shape index (κ3) is 3.97. The Kier molecular flexibility index (Phi) is 5.14. The number of hydrogen-bond acceptors (Lipinski definition) is 2. The van der Waals surface area contributed by atoms with Gasteiger partial charge in [-0.1, -0.05) is 96.1 Å². The van der Waals surface area contributed by atoms with Gasteiger partial charge in [-0.2, -0.15) is 0 Å². The summed E-state index contributed by atoms with van der Waals surface area (Å²) >= 11 is 0. The molecule has 0 N–H and O–H groups in total. The van der Waals surface area contributed by atoms with Gasteiger partial charge >= 0.3 is 0 Å². The molecule has 2 nitrogen and oxygen atoms in total. The van der Waals surface area contributed by atoms with Crippen molar-refractivity contribution < 1.29 is 4.74 Å². The van der Waals surface area contributed by atoms with Crippen LogP contribution in [0, 0.1) is 10.8 Å². The molecule has 1 aliphatic rings. The topological polar surface area (TPSA) is 22.1 Å². The number of rotatable bonds is 2. The van der Waals surface area contributed by atoms with Gasteiger partial charge in [0.2, 0.25) is 0 Å². The van der Waals surface area contributed by atoms with E-state index in [2.05, 4.69) is 114 Å². The standard InChI is InChI=1S/C37H35NO/c1-36(2,3)20-24-11-9-13-26-27-16-17-38-34-29-18-23-15-14-22-10-7-8-12-25(22)32(23)30(21-37(4,5)6)35(29)39-31(33(27)34)19-28(24)26/h7-19H,20-21H2,1-6H3. The highest BCUT2D eigenvalue weighted by Gasteiger charge is 2.29. The minimum absolute atomic E-state index is 0.0886. The maximum atomic E-state index is 7.04. The average molecular weight is 510 g/mol. The maximum absolute atomic E-state index is 7.04. The molecule has 0 aliphatic carbocycles. The first-order valence-corrected chi connectivity index (χ1v) is 14.1. The van der Waals surface area contributed by atoms with Crippen LogP contribution in [0.3, 0.4) is 0 Å². The number of benzene rings is 5. The van der Waals surface area contributed by atoms with Crippen LogP contribution in [0.15, 0.2) is 79.0 Å². The van der Waals surface area contributed by atoms with Crippen LogP contribution in [0.1, 0.15) is 52.7 Å². The zero-order valence-corrected chi connectivity index (χ0v) is 23.8. The zero-order chi connectivity index (χ0) is 27.1. The zero-order valence-electron chi connectivity index (χ0n) is 23.8. The van der Waals surface area contributed by atoms with Crippen LogP contribution < -0.4 is 4.74 Å². The lowest BCUT2D eigenvalue weighted by Crippen LogP contribution is -2.12. The summed E-state index contributed by atoms with van der Waals surface area (Å²) in [6.07, 6.45) is 3.89. The molecule has 0 saturated carbocycles. The highest BCUT2D eigenvalue weighted by atomic mass is 16.5. The lowest BCUT2D eigenvalue weighted by Gasteiger charge is -2.28. The summed E-state index contributed by atoms with van der Waals surface area (Å²) in [7, 11) is 0. The average Bonchev–Trinajstić information content (AvgIpc) is 2.88. The molecule has 5 aromatic carbocycles. The van der Waals surface area contributed by atoms with Crippen molar-refractivity contribution in [2.75, 3.05) is 0 Å². The van der Waals surface area contributed by atoms with E-state index in [0.717, 1.165) is 41.0 Å². The fourth-order valence-electron chi connectivity index (χ4n) is 6.51. The molecule has 2 heteroatoms. The number of fused-ring (bicyclic) bond motifs is 7. The Labute approximate surface area is 230 Å². The summed E-state index contributed by atoms with van der Waals surface area (Å²) in [5.41, 5.74) is 5.05. The molecule has 6 aromatic rings. The molecule has 39 heavy (non-hydrogen) atoms.